The van der Waals surface area contributed by atoms with Gasteiger partial charge in [-0.1, -0.05) is 100 Å². The van der Waals surface area contributed by atoms with Crippen LogP contribution < -0.4 is 15.1 Å². The SMILES string of the molecule is C[C@@H]1CC(=O)C2=C(C(=O)c3cccc(OCc4ccc([N+](=O)[O-])cc4)c3C2=O)[C@@H]1[C@H](C)O[Si](c1ccccc1)(c1ccccc1)C(C)(C)C. The highest BCUT2D eigenvalue weighted by atomic mass is 28.4. The maximum Gasteiger partial charge on any atom is 0.269 e. The van der Waals surface area contributed by atoms with Crippen molar-refractivity contribution in [2.75, 3.05) is 0 Å². The number of allylic oxidation sites excluding steroid dienone is 1. The summed E-state index contributed by atoms with van der Waals surface area (Å²) in [7, 11) is -3.03. The molecule has 4 aromatic rings. The lowest BCUT2D eigenvalue weighted by molar-refractivity contribution is -0.384. The molecule has 0 heterocycles. The van der Waals surface area contributed by atoms with Crippen molar-refractivity contribution in [3.63, 3.8) is 0 Å². The Kier molecular flexibility index (Phi) is 9.09. The van der Waals surface area contributed by atoms with Gasteiger partial charge >= 0.3 is 0 Å². The van der Waals surface area contributed by atoms with Gasteiger partial charge in [-0.2, -0.15) is 0 Å². The van der Waals surface area contributed by atoms with E-state index in [0.717, 1.165) is 10.4 Å². The number of carbonyl (C=O) groups is 3. The zero-order chi connectivity index (χ0) is 35.1. The van der Waals surface area contributed by atoms with Crippen LogP contribution in [0.1, 0.15) is 67.3 Å². The van der Waals surface area contributed by atoms with Gasteiger partial charge in [0, 0.05) is 35.6 Å². The quantitative estimate of drug-likeness (QED) is 0.0811. The van der Waals surface area contributed by atoms with Gasteiger partial charge in [-0.3, -0.25) is 24.5 Å². The van der Waals surface area contributed by atoms with Gasteiger partial charge in [0.2, 0.25) is 5.78 Å². The summed E-state index contributed by atoms with van der Waals surface area (Å²) in [6.45, 7) is 10.5. The van der Waals surface area contributed by atoms with Crippen LogP contribution in [-0.4, -0.2) is 36.7 Å². The number of ether oxygens (including phenoxy) is 1. The largest absolute Gasteiger partial charge is 0.488 e. The van der Waals surface area contributed by atoms with Crippen LogP contribution in [0, 0.1) is 22.0 Å². The number of ketones is 3. The standard InChI is InChI=1S/C40H39NO7Si/c1-25-23-32(42)36-37(34(25)26(2)48-49(40(3,4)5,29-13-8-6-9-14-29)30-15-10-7-11-16-30)38(43)31-17-12-18-33(35(31)39(36)44)47-24-27-19-21-28(22-20-27)41(45)46/h6-22,25-26,34H,23-24H2,1-5H3/t25-,26+,34+/m1/s1. The summed E-state index contributed by atoms with van der Waals surface area (Å²) in [6, 6.07) is 31.3. The van der Waals surface area contributed by atoms with E-state index >= 15 is 0 Å². The Bertz CT molecular complexity index is 1920. The van der Waals surface area contributed by atoms with E-state index in [0.29, 0.717) is 5.56 Å². The van der Waals surface area contributed by atoms with Gasteiger partial charge in [0.15, 0.2) is 11.6 Å². The number of carbonyl (C=O) groups excluding carboxylic acids is 3. The normalized spacial score (nSPS) is 18.5. The van der Waals surface area contributed by atoms with Crippen molar-refractivity contribution >= 4 is 41.7 Å². The highest BCUT2D eigenvalue weighted by Crippen LogP contribution is 2.46. The number of nitro benzene ring substituents is 1. The van der Waals surface area contributed by atoms with Crippen LogP contribution in [0.15, 0.2) is 114 Å². The van der Waals surface area contributed by atoms with E-state index in [4.69, 9.17) is 9.16 Å². The first kappa shape index (κ1) is 33.9. The minimum atomic E-state index is -3.03. The second kappa shape index (κ2) is 13.1. The monoisotopic (exact) mass is 673 g/mol. The minimum Gasteiger partial charge on any atom is -0.488 e. The topological polar surface area (TPSA) is 113 Å². The fraction of sp³-hybridized carbons (Fsp3) is 0.275. The summed E-state index contributed by atoms with van der Waals surface area (Å²) >= 11 is 0. The Morgan fingerprint density at radius 1 is 0.837 bits per heavy atom. The smallest absolute Gasteiger partial charge is 0.269 e. The van der Waals surface area contributed by atoms with Crippen molar-refractivity contribution in [3.05, 3.63) is 141 Å². The molecule has 0 saturated heterocycles. The molecule has 2 aliphatic carbocycles. The minimum absolute atomic E-state index is 0.0127. The molecule has 8 nitrogen and oxygen atoms in total. The number of benzene rings is 4. The lowest BCUT2D eigenvalue weighted by atomic mass is 9.66. The maximum absolute atomic E-state index is 14.5. The molecular weight excluding hydrogens is 635 g/mol. The lowest BCUT2D eigenvalue weighted by Gasteiger charge is -2.47. The summed E-state index contributed by atoms with van der Waals surface area (Å²) in [5.74, 6) is -1.83. The summed E-state index contributed by atoms with van der Waals surface area (Å²) in [4.78, 5) is 53.1. The second-order valence-corrected chi connectivity index (χ2v) is 18.2. The summed E-state index contributed by atoms with van der Waals surface area (Å²) < 4.78 is 13.5. The molecule has 0 saturated carbocycles. The molecule has 0 fully saturated rings. The molecule has 0 aromatic heterocycles. The molecule has 250 valence electrons. The van der Waals surface area contributed by atoms with Crippen LogP contribution in [0.3, 0.4) is 0 Å². The average Bonchev–Trinajstić information content (AvgIpc) is 3.08. The predicted octanol–water partition coefficient (Wildman–Crippen LogP) is 7.04. The van der Waals surface area contributed by atoms with Crippen LogP contribution in [0.4, 0.5) is 5.69 Å². The van der Waals surface area contributed by atoms with Crippen LogP contribution in [-0.2, 0) is 15.8 Å². The van der Waals surface area contributed by atoms with Gasteiger partial charge in [0.05, 0.1) is 22.2 Å². The van der Waals surface area contributed by atoms with E-state index in [-0.39, 0.29) is 69.3 Å². The fourth-order valence-electron chi connectivity index (χ4n) is 7.60. The van der Waals surface area contributed by atoms with Crippen LogP contribution in [0.2, 0.25) is 5.04 Å². The molecule has 6 rings (SSSR count). The molecule has 0 bridgehead atoms. The van der Waals surface area contributed by atoms with Crippen molar-refractivity contribution in [1.82, 2.24) is 0 Å². The third-order valence-electron chi connectivity index (χ3n) is 9.80. The Morgan fingerprint density at radius 2 is 1.43 bits per heavy atom. The van der Waals surface area contributed by atoms with Crippen molar-refractivity contribution in [2.24, 2.45) is 11.8 Å². The number of nitrogens with zero attached hydrogens (tertiary/aromatic N) is 1. The van der Waals surface area contributed by atoms with Crippen LogP contribution >= 0.6 is 0 Å². The Labute approximate surface area is 287 Å². The van der Waals surface area contributed by atoms with E-state index in [2.05, 4.69) is 45.0 Å². The molecule has 0 radical (unpaired) electrons. The molecule has 4 aromatic carbocycles. The first-order valence-corrected chi connectivity index (χ1v) is 18.4. The number of Topliss-reactive ketones (excluding diaryl/α,β-unsaturated/α-hetero) is 3. The number of nitro groups is 1. The molecule has 0 N–H and O–H groups in total. The van der Waals surface area contributed by atoms with Gasteiger partial charge in [-0.15, -0.1) is 0 Å². The van der Waals surface area contributed by atoms with Gasteiger partial charge < -0.3 is 9.16 Å². The van der Waals surface area contributed by atoms with Crippen molar-refractivity contribution in [1.29, 1.82) is 0 Å². The van der Waals surface area contributed by atoms with E-state index in [1.807, 2.05) is 50.2 Å². The van der Waals surface area contributed by atoms with E-state index in [1.54, 1.807) is 30.3 Å². The third-order valence-corrected chi connectivity index (χ3v) is 14.9. The van der Waals surface area contributed by atoms with Crippen molar-refractivity contribution in [2.45, 2.75) is 58.8 Å². The lowest BCUT2D eigenvalue weighted by Crippen LogP contribution is -2.68. The molecule has 49 heavy (non-hydrogen) atoms. The zero-order valence-corrected chi connectivity index (χ0v) is 29.3. The molecule has 0 unspecified atom stereocenters. The zero-order valence-electron chi connectivity index (χ0n) is 28.3. The molecule has 9 heteroatoms. The molecule has 3 atom stereocenters. The fourth-order valence-corrected chi connectivity index (χ4v) is 12.3. The highest BCUT2D eigenvalue weighted by molar-refractivity contribution is 6.99. The van der Waals surface area contributed by atoms with Crippen LogP contribution in [0.5, 0.6) is 5.75 Å². The molecular formula is C40H39NO7Si. The number of fused-ring (bicyclic) bond motifs is 1. The second-order valence-electron chi connectivity index (χ2n) is 14.0. The summed E-state index contributed by atoms with van der Waals surface area (Å²) in [5, 5.41) is 12.9. The van der Waals surface area contributed by atoms with E-state index in [1.165, 1.54) is 12.1 Å². The van der Waals surface area contributed by atoms with Gasteiger partial charge in [-0.05, 0) is 52.0 Å². The van der Waals surface area contributed by atoms with Crippen molar-refractivity contribution < 1.29 is 28.5 Å². The highest BCUT2D eigenvalue weighted by Gasteiger charge is 2.54. The maximum atomic E-state index is 14.5. The average molecular weight is 674 g/mol. The number of rotatable bonds is 9. The first-order valence-electron chi connectivity index (χ1n) is 16.5. The number of hydrogen-bond acceptors (Lipinski definition) is 7. The third kappa shape index (κ3) is 5.98. The molecule has 2 aliphatic rings. The Hall–Kier alpha value is -4.99. The molecule has 0 amide bonds. The number of hydrogen-bond donors (Lipinski definition) is 0. The molecule has 0 aliphatic heterocycles. The van der Waals surface area contributed by atoms with E-state index < -0.39 is 31.0 Å². The Balaban J connectivity index is 1.40. The first-order chi connectivity index (χ1) is 23.3. The molecule has 0 spiro atoms. The van der Waals surface area contributed by atoms with Gasteiger partial charge in [-0.25, -0.2) is 0 Å². The van der Waals surface area contributed by atoms with E-state index in [9.17, 15) is 24.5 Å². The van der Waals surface area contributed by atoms with Gasteiger partial charge in [0.25, 0.3) is 14.0 Å². The van der Waals surface area contributed by atoms with Gasteiger partial charge in [0.1, 0.15) is 12.4 Å². The van der Waals surface area contributed by atoms with Crippen LogP contribution in [0.25, 0.3) is 0 Å². The summed E-state index contributed by atoms with van der Waals surface area (Å²) in [6.07, 6.45) is -0.405. The van der Waals surface area contributed by atoms with Crippen molar-refractivity contribution in [3.8, 4) is 5.75 Å². The predicted molar refractivity (Wildman–Crippen MR) is 190 cm³/mol. The number of non-ortho nitro benzene ring substituents is 1. The summed E-state index contributed by atoms with van der Waals surface area (Å²) in [5.41, 5.74) is 0.998. The Morgan fingerprint density at radius 3 is 1.98 bits per heavy atom.